The third-order valence-electron chi connectivity index (χ3n) is 8.94. The number of hydrogen-bond donors (Lipinski definition) is 3. The van der Waals surface area contributed by atoms with Gasteiger partial charge < -0.3 is 24.8 Å². The molecule has 2 aliphatic heterocycles. The van der Waals surface area contributed by atoms with E-state index in [9.17, 15) is 24.9 Å². The Kier molecular flexibility index (Phi) is 19.6. The Balaban J connectivity index is 1.41. The zero-order valence-electron chi connectivity index (χ0n) is 26.8. The summed E-state index contributed by atoms with van der Waals surface area (Å²) in [6.07, 6.45) is 21.7. The zero-order chi connectivity index (χ0) is 30.6. The van der Waals surface area contributed by atoms with Crippen LogP contribution in [0.1, 0.15) is 162 Å². The molecule has 1 saturated heterocycles. The number of aliphatic hydroxyl groups excluding tert-OH is 3. The maximum atomic E-state index is 12.2. The number of cyclic esters (lactones) is 1. The molecule has 7 heteroatoms. The molecule has 0 radical (unpaired) electrons. The molecule has 2 aliphatic rings. The van der Waals surface area contributed by atoms with Gasteiger partial charge in [0.1, 0.15) is 11.9 Å². The molecule has 0 amide bonds. The fraction of sp³-hybridized carbons (Fsp3) is 0.886. The molecule has 244 valence electrons. The summed E-state index contributed by atoms with van der Waals surface area (Å²) >= 11 is 0. The van der Waals surface area contributed by atoms with Crippen molar-refractivity contribution < 1.29 is 34.4 Å². The summed E-state index contributed by atoms with van der Waals surface area (Å²) in [6.45, 7) is 4.05. The van der Waals surface area contributed by atoms with E-state index in [1.165, 1.54) is 57.8 Å². The molecule has 0 aliphatic carbocycles. The number of carbonyl (C=O) groups is 2. The first-order chi connectivity index (χ1) is 20.3. The van der Waals surface area contributed by atoms with E-state index in [-0.39, 0.29) is 30.1 Å². The van der Waals surface area contributed by atoms with Crippen molar-refractivity contribution in [2.75, 3.05) is 0 Å². The first kappa shape index (κ1) is 36.9. The molecule has 1 fully saturated rings. The number of unbranched alkanes of at least 4 members (excludes halogenated alkanes) is 12. The minimum absolute atomic E-state index is 0.151. The maximum Gasteiger partial charge on any atom is 0.334 e. The summed E-state index contributed by atoms with van der Waals surface area (Å²) in [5.74, 6) is -0.0860. The Morgan fingerprint density at radius 3 is 1.76 bits per heavy atom. The zero-order valence-corrected chi connectivity index (χ0v) is 26.8. The highest BCUT2D eigenvalue weighted by molar-refractivity contribution is 5.90. The Morgan fingerprint density at radius 1 is 0.762 bits per heavy atom. The Labute approximate surface area is 255 Å². The number of rotatable bonds is 26. The van der Waals surface area contributed by atoms with Crippen molar-refractivity contribution in [3.05, 3.63) is 11.6 Å². The van der Waals surface area contributed by atoms with Crippen LogP contribution in [-0.2, 0) is 19.1 Å². The van der Waals surface area contributed by atoms with E-state index in [1.54, 1.807) is 13.0 Å². The van der Waals surface area contributed by atoms with Gasteiger partial charge in [-0.3, -0.25) is 4.79 Å². The number of esters is 1. The van der Waals surface area contributed by atoms with Crippen molar-refractivity contribution in [2.24, 2.45) is 0 Å². The van der Waals surface area contributed by atoms with Gasteiger partial charge in [-0.05, 0) is 57.9 Å². The molecule has 0 saturated carbocycles. The van der Waals surface area contributed by atoms with Gasteiger partial charge in [0.15, 0.2) is 0 Å². The van der Waals surface area contributed by atoms with Crippen LogP contribution < -0.4 is 0 Å². The molecule has 2 rings (SSSR count). The van der Waals surface area contributed by atoms with Crippen LogP contribution in [0.5, 0.6) is 0 Å². The minimum atomic E-state index is -0.581. The topological polar surface area (TPSA) is 113 Å². The molecule has 3 N–H and O–H groups in total. The third kappa shape index (κ3) is 16.0. The molecule has 0 unspecified atom stereocenters. The van der Waals surface area contributed by atoms with Crippen LogP contribution in [0.4, 0.5) is 0 Å². The van der Waals surface area contributed by atoms with Gasteiger partial charge in [0, 0.05) is 24.8 Å². The van der Waals surface area contributed by atoms with E-state index >= 15 is 0 Å². The quantitative estimate of drug-likeness (QED) is 0.0713. The average molecular weight is 595 g/mol. The van der Waals surface area contributed by atoms with Gasteiger partial charge in [-0.2, -0.15) is 0 Å². The van der Waals surface area contributed by atoms with Crippen molar-refractivity contribution in [1.82, 2.24) is 0 Å². The second-order valence-corrected chi connectivity index (χ2v) is 12.9. The number of ether oxygens (including phenoxy) is 2. The maximum absolute atomic E-state index is 12.2. The van der Waals surface area contributed by atoms with Crippen molar-refractivity contribution in [3.63, 3.8) is 0 Å². The van der Waals surface area contributed by atoms with Crippen LogP contribution in [0, 0.1) is 0 Å². The molecule has 0 bridgehead atoms. The lowest BCUT2D eigenvalue weighted by molar-refractivity contribution is -0.139. The fourth-order valence-electron chi connectivity index (χ4n) is 6.28. The highest BCUT2D eigenvalue weighted by Gasteiger charge is 2.34. The molecule has 0 aromatic rings. The van der Waals surface area contributed by atoms with Gasteiger partial charge in [-0.15, -0.1) is 0 Å². The van der Waals surface area contributed by atoms with Crippen LogP contribution in [0.15, 0.2) is 11.6 Å². The van der Waals surface area contributed by atoms with Crippen molar-refractivity contribution in [2.45, 2.75) is 198 Å². The number of Topliss-reactive ketones (excluding diaryl/α,β-unsaturated/α-hetero) is 1. The van der Waals surface area contributed by atoms with Gasteiger partial charge in [-0.1, -0.05) is 90.4 Å². The second kappa shape index (κ2) is 22.3. The van der Waals surface area contributed by atoms with Crippen molar-refractivity contribution in [3.8, 4) is 0 Å². The van der Waals surface area contributed by atoms with Gasteiger partial charge >= 0.3 is 5.97 Å². The first-order valence-corrected chi connectivity index (χ1v) is 17.4. The van der Waals surface area contributed by atoms with E-state index in [0.717, 1.165) is 57.8 Å². The summed E-state index contributed by atoms with van der Waals surface area (Å²) < 4.78 is 11.1. The summed E-state index contributed by atoms with van der Waals surface area (Å²) in [6, 6.07) is 0. The van der Waals surface area contributed by atoms with E-state index < -0.39 is 18.3 Å². The highest BCUT2D eigenvalue weighted by Crippen LogP contribution is 2.28. The second-order valence-electron chi connectivity index (χ2n) is 12.9. The van der Waals surface area contributed by atoms with Gasteiger partial charge in [0.25, 0.3) is 0 Å². The number of aliphatic hydroxyl groups is 3. The summed E-state index contributed by atoms with van der Waals surface area (Å²) in [7, 11) is 0. The lowest BCUT2D eigenvalue weighted by Gasteiger charge is -2.22. The smallest absolute Gasteiger partial charge is 0.334 e. The molecular weight excluding hydrogens is 532 g/mol. The first-order valence-electron chi connectivity index (χ1n) is 17.4. The Bertz CT molecular complexity index is 766. The number of carbonyl (C=O) groups excluding carboxylic acids is 2. The Hall–Kier alpha value is -1.28. The SMILES string of the molecule is CCCCCCCCCCCC[C@H](O)[C@H]1CC[C@H]([C@H](O)CCCCCC(=O)CCCC[C@@H](O)CC2=C[C@H](C)OC2=O)O1. The van der Waals surface area contributed by atoms with E-state index in [4.69, 9.17) is 9.47 Å². The van der Waals surface area contributed by atoms with Crippen LogP contribution in [-0.4, -0.2) is 63.7 Å². The van der Waals surface area contributed by atoms with Crippen LogP contribution in [0.25, 0.3) is 0 Å². The molecule has 0 spiro atoms. The predicted molar refractivity (Wildman–Crippen MR) is 167 cm³/mol. The molecular formula is C35H62O7. The molecule has 0 aromatic carbocycles. The standard InChI is InChI=1S/C35H62O7/c1-3-4-5-6-7-8-9-10-11-14-21-31(38)33-23-24-34(42-33)32(39)22-15-12-13-18-29(36)19-16-17-20-30(37)26-28-25-27(2)41-35(28)40/h25,27,30-34,37-39H,3-24,26H2,1-2H3/t27-,30+,31-,32+,33+,34+/m0/s1. The van der Waals surface area contributed by atoms with Crippen LogP contribution in [0.2, 0.25) is 0 Å². The average Bonchev–Trinajstić information content (AvgIpc) is 3.58. The van der Waals surface area contributed by atoms with E-state index in [1.807, 2.05) is 0 Å². The van der Waals surface area contributed by atoms with Gasteiger partial charge in [-0.25, -0.2) is 4.79 Å². The van der Waals surface area contributed by atoms with Crippen LogP contribution in [0.3, 0.4) is 0 Å². The molecule has 2 heterocycles. The minimum Gasteiger partial charge on any atom is -0.455 e. The lowest BCUT2D eigenvalue weighted by atomic mass is 9.99. The molecule has 7 nitrogen and oxygen atoms in total. The third-order valence-corrected chi connectivity index (χ3v) is 8.94. The molecule has 6 atom stereocenters. The number of ketones is 1. The Morgan fingerprint density at radius 2 is 1.24 bits per heavy atom. The molecule has 42 heavy (non-hydrogen) atoms. The van der Waals surface area contributed by atoms with Gasteiger partial charge in [0.2, 0.25) is 0 Å². The monoisotopic (exact) mass is 594 g/mol. The largest absolute Gasteiger partial charge is 0.455 e. The van der Waals surface area contributed by atoms with Gasteiger partial charge in [0.05, 0.1) is 30.5 Å². The summed E-state index contributed by atoms with van der Waals surface area (Å²) in [5, 5.41) is 31.3. The fourth-order valence-corrected chi connectivity index (χ4v) is 6.28. The lowest BCUT2D eigenvalue weighted by Crippen LogP contribution is -2.31. The van der Waals surface area contributed by atoms with Crippen molar-refractivity contribution >= 4 is 11.8 Å². The van der Waals surface area contributed by atoms with E-state index in [0.29, 0.717) is 37.7 Å². The normalized spacial score (nSPS) is 22.6. The summed E-state index contributed by atoms with van der Waals surface area (Å²) in [4.78, 5) is 23.9. The number of hydrogen-bond acceptors (Lipinski definition) is 7. The predicted octanol–water partition coefficient (Wildman–Crippen LogP) is 7.27. The van der Waals surface area contributed by atoms with Crippen LogP contribution >= 0.6 is 0 Å². The molecule has 0 aromatic heterocycles. The van der Waals surface area contributed by atoms with E-state index in [2.05, 4.69) is 6.92 Å². The summed E-state index contributed by atoms with van der Waals surface area (Å²) in [5.41, 5.74) is 0.549. The highest BCUT2D eigenvalue weighted by atomic mass is 16.5. The van der Waals surface area contributed by atoms with Crippen molar-refractivity contribution in [1.29, 1.82) is 0 Å².